The van der Waals surface area contributed by atoms with E-state index in [1.807, 2.05) is 36.4 Å². The van der Waals surface area contributed by atoms with Crippen molar-refractivity contribution in [2.45, 2.75) is 50.3 Å². The van der Waals surface area contributed by atoms with Crippen LogP contribution in [0.3, 0.4) is 0 Å². The van der Waals surface area contributed by atoms with Crippen LogP contribution in [0.2, 0.25) is 5.02 Å². The lowest BCUT2D eigenvalue weighted by molar-refractivity contribution is 0.126. The van der Waals surface area contributed by atoms with Crippen molar-refractivity contribution in [2.24, 2.45) is 0 Å². The standard InChI is InChI=1S/C25H26ClN5O2/c1-27-16-4-7-20-21(12-16)24(28-10-9-15-3-8-23(33-2)22(26)11-15)29-30-25(20)31-17-5-6-18(31)14-19(32)13-17/h3-4,7-8,11-12,17-19,32H,5-6,9-10,13-14H2,2H3,(H,28,29). The monoisotopic (exact) mass is 463 g/mol. The molecule has 2 saturated heterocycles. The van der Waals surface area contributed by atoms with E-state index in [9.17, 15) is 5.11 Å². The predicted octanol–water partition coefficient (Wildman–Crippen LogP) is 4.99. The molecule has 0 radical (unpaired) electrons. The van der Waals surface area contributed by atoms with Gasteiger partial charge in [-0.2, -0.15) is 0 Å². The van der Waals surface area contributed by atoms with E-state index in [4.69, 9.17) is 22.9 Å². The van der Waals surface area contributed by atoms with Gasteiger partial charge in [-0.15, -0.1) is 10.2 Å². The molecule has 3 aromatic rings. The molecule has 2 aliphatic rings. The van der Waals surface area contributed by atoms with Gasteiger partial charge in [-0.1, -0.05) is 29.8 Å². The van der Waals surface area contributed by atoms with Gasteiger partial charge in [0.1, 0.15) is 5.75 Å². The van der Waals surface area contributed by atoms with Crippen LogP contribution < -0.4 is 15.0 Å². The predicted molar refractivity (Wildman–Crippen MR) is 131 cm³/mol. The van der Waals surface area contributed by atoms with Crippen molar-refractivity contribution in [3.63, 3.8) is 0 Å². The molecule has 2 atom stereocenters. The fraction of sp³-hybridized carbons (Fsp3) is 0.400. The molecule has 3 heterocycles. The highest BCUT2D eigenvalue weighted by molar-refractivity contribution is 6.32. The molecule has 0 spiro atoms. The molecule has 2 fully saturated rings. The van der Waals surface area contributed by atoms with Crippen molar-refractivity contribution < 1.29 is 9.84 Å². The van der Waals surface area contributed by atoms with Crippen molar-refractivity contribution in [3.8, 4) is 5.75 Å². The van der Waals surface area contributed by atoms with Crippen LogP contribution in [0.1, 0.15) is 31.2 Å². The summed E-state index contributed by atoms with van der Waals surface area (Å²) in [6.45, 7) is 8.09. The highest BCUT2D eigenvalue weighted by Gasteiger charge is 2.41. The second kappa shape index (κ2) is 9.05. The summed E-state index contributed by atoms with van der Waals surface area (Å²) in [5, 5.41) is 25.2. The molecule has 0 saturated carbocycles. The quantitative estimate of drug-likeness (QED) is 0.502. The van der Waals surface area contributed by atoms with Gasteiger partial charge in [0.25, 0.3) is 0 Å². The number of aromatic nitrogens is 2. The first-order valence-corrected chi connectivity index (χ1v) is 11.7. The average molecular weight is 464 g/mol. The number of nitrogens with zero attached hydrogens (tertiary/aromatic N) is 4. The number of halogens is 1. The van der Waals surface area contributed by atoms with Gasteiger partial charge in [-0.3, -0.25) is 0 Å². The second-order valence-electron chi connectivity index (χ2n) is 8.78. The minimum Gasteiger partial charge on any atom is -0.495 e. The summed E-state index contributed by atoms with van der Waals surface area (Å²) < 4.78 is 5.22. The van der Waals surface area contributed by atoms with E-state index < -0.39 is 0 Å². The largest absolute Gasteiger partial charge is 0.495 e. The molecule has 1 aromatic heterocycles. The average Bonchev–Trinajstić information content (AvgIpc) is 3.09. The van der Waals surface area contributed by atoms with Gasteiger partial charge >= 0.3 is 0 Å². The number of methoxy groups -OCH3 is 1. The Labute approximate surface area is 198 Å². The van der Waals surface area contributed by atoms with Crippen LogP contribution in [-0.4, -0.2) is 47.1 Å². The molecule has 7 nitrogen and oxygen atoms in total. The number of ether oxygens (including phenoxy) is 1. The van der Waals surface area contributed by atoms with Crippen LogP contribution in [0.5, 0.6) is 5.75 Å². The lowest BCUT2D eigenvalue weighted by Gasteiger charge is -2.38. The van der Waals surface area contributed by atoms with Crippen LogP contribution >= 0.6 is 11.6 Å². The molecule has 33 heavy (non-hydrogen) atoms. The Bertz CT molecular complexity index is 1210. The smallest absolute Gasteiger partial charge is 0.188 e. The molecular weight excluding hydrogens is 438 g/mol. The van der Waals surface area contributed by atoms with E-state index in [1.165, 1.54) is 0 Å². The SMILES string of the molecule is [C-]#[N+]c1ccc2c(N3C4CCC3CC(O)C4)nnc(NCCc3ccc(OC)c(Cl)c3)c2c1. The molecule has 2 aromatic carbocycles. The molecule has 5 rings (SSSR count). The number of anilines is 2. The van der Waals surface area contributed by atoms with E-state index in [-0.39, 0.29) is 18.2 Å². The highest BCUT2D eigenvalue weighted by Crippen LogP contribution is 2.42. The fourth-order valence-corrected chi connectivity index (χ4v) is 5.48. The Kier molecular flexibility index (Phi) is 5.96. The third-order valence-corrected chi connectivity index (χ3v) is 7.04. The number of piperidine rings is 1. The number of nitrogens with one attached hydrogen (secondary N) is 1. The molecule has 170 valence electrons. The van der Waals surface area contributed by atoms with Crippen LogP contribution in [0, 0.1) is 6.57 Å². The van der Waals surface area contributed by atoms with Crippen molar-refractivity contribution in [1.82, 2.24) is 10.2 Å². The van der Waals surface area contributed by atoms with E-state index >= 15 is 0 Å². The van der Waals surface area contributed by atoms with Crippen LogP contribution in [0.4, 0.5) is 17.3 Å². The van der Waals surface area contributed by atoms with Crippen molar-refractivity contribution >= 4 is 39.7 Å². The summed E-state index contributed by atoms with van der Waals surface area (Å²) in [6.07, 6.45) is 4.18. The zero-order valence-corrected chi connectivity index (χ0v) is 19.2. The Hall–Kier alpha value is -3.08. The van der Waals surface area contributed by atoms with Crippen molar-refractivity contribution in [3.05, 3.63) is 58.4 Å². The maximum Gasteiger partial charge on any atom is 0.188 e. The van der Waals surface area contributed by atoms with Gasteiger partial charge in [0.2, 0.25) is 0 Å². The summed E-state index contributed by atoms with van der Waals surface area (Å²) in [4.78, 5) is 5.96. The molecular formula is C25H26ClN5O2. The Morgan fingerprint density at radius 3 is 2.64 bits per heavy atom. The van der Waals surface area contributed by atoms with E-state index in [0.717, 1.165) is 54.3 Å². The van der Waals surface area contributed by atoms with Crippen LogP contribution in [-0.2, 0) is 6.42 Å². The number of rotatable bonds is 6. The molecule has 2 aliphatic heterocycles. The summed E-state index contributed by atoms with van der Waals surface area (Å²) in [5.41, 5.74) is 1.66. The molecule has 0 amide bonds. The minimum absolute atomic E-state index is 0.237. The topological polar surface area (TPSA) is 74.9 Å². The van der Waals surface area contributed by atoms with Crippen molar-refractivity contribution in [2.75, 3.05) is 23.9 Å². The third-order valence-electron chi connectivity index (χ3n) is 6.75. The first-order valence-electron chi connectivity index (χ1n) is 11.3. The summed E-state index contributed by atoms with van der Waals surface area (Å²) in [5.74, 6) is 2.18. The maximum absolute atomic E-state index is 10.2. The lowest BCUT2D eigenvalue weighted by Crippen LogP contribution is -2.45. The van der Waals surface area contributed by atoms with Crippen LogP contribution in [0.15, 0.2) is 36.4 Å². The number of fused-ring (bicyclic) bond motifs is 3. The van der Waals surface area contributed by atoms with Crippen molar-refractivity contribution in [1.29, 1.82) is 0 Å². The summed E-state index contributed by atoms with van der Waals surface area (Å²) in [6, 6.07) is 12.0. The van der Waals surface area contributed by atoms with Crippen LogP contribution in [0.25, 0.3) is 15.6 Å². The Morgan fingerprint density at radius 1 is 1.15 bits per heavy atom. The minimum atomic E-state index is -0.237. The maximum atomic E-state index is 10.2. The first kappa shape index (κ1) is 21.7. The summed E-state index contributed by atoms with van der Waals surface area (Å²) >= 11 is 6.25. The second-order valence-corrected chi connectivity index (χ2v) is 9.18. The molecule has 0 aliphatic carbocycles. The number of aliphatic hydroxyl groups is 1. The zero-order chi connectivity index (χ0) is 22.9. The van der Waals surface area contributed by atoms with E-state index in [2.05, 4.69) is 25.3 Å². The molecule has 2 bridgehead atoms. The molecule has 2 unspecified atom stereocenters. The van der Waals surface area contributed by atoms with Gasteiger partial charge < -0.3 is 20.1 Å². The number of hydrogen-bond donors (Lipinski definition) is 2. The van der Waals surface area contributed by atoms with E-state index in [0.29, 0.717) is 28.8 Å². The molecule has 2 N–H and O–H groups in total. The van der Waals surface area contributed by atoms with Gasteiger partial charge in [0, 0.05) is 29.4 Å². The van der Waals surface area contributed by atoms with Gasteiger partial charge in [0.15, 0.2) is 17.3 Å². The number of benzene rings is 2. The molecule has 8 heteroatoms. The normalized spacial score (nSPS) is 21.8. The highest BCUT2D eigenvalue weighted by atomic mass is 35.5. The summed E-state index contributed by atoms with van der Waals surface area (Å²) in [7, 11) is 1.60. The third kappa shape index (κ3) is 4.17. The lowest BCUT2D eigenvalue weighted by atomic mass is 9.99. The van der Waals surface area contributed by atoms with Gasteiger partial charge in [-0.25, -0.2) is 4.85 Å². The number of aliphatic hydroxyl groups excluding tert-OH is 1. The van der Waals surface area contributed by atoms with E-state index in [1.54, 1.807) is 7.11 Å². The zero-order valence-electron chi connectivity index (χ0n) is 18.5. The van der Waals surface area contributed by atoms with Gasteiger partial charge in [-0.05, 0) is 55.9 Å². The first-order chi connectivity index (χ1) is 16.1. The Morgan fingerprint density at radius 2 is 1.94 bits per heavy atom. The Balaban J connectivity index is 1.42. The number of hydrogen-bond acceptors (Lipinski definition) is 6. The van der Waals surface area contributed by atoms with Gasteiger partial charge in [0.05, 0.1) is 24.8 Å². The fourth-order valence-electron chi connectivity index (χ4n) is 5.20.